The van der Waals surface area contributed by atoms with Crippen molar-refractivity contribution in [3.05, 3.63) is 22.4 Å². The molecule has 6 nitrogen and oxygen atoms in total. The first-order chi connectivity index (χ1) is 11.5. The molecule has 1 saturated carbocycles. The van der Waals surface area contributed by atoms with Crippen molar-refractivity contribution < 1.29 is 19.5 Å². The zero-order valence-corrected chi connectivity index (χ0v) is 14.4. The fourth-order valence-corrected chi connectivity index (χ4v) is 4.68. The Morgan fingerprint density at radius 1 is 1.29 bits per heavy atom. The maximum Gasteiger partial charge on any atom is 0.306 e. The van der Waals surface area contributed by atoms with Gasteiger partial charge in [0.05, 0.1) is 17.9 Å². The molecule has 0 aromatic carbocycles. The van der Waals surface area contributed by atoms with Crippen LogP contribution < -0.4 is 5.32 Å². The molecule has 1 aliphatic carbocycles. The molecule has 2 amide bonds. The van der Waals surface area contributed by atoms with Gasteiger partial charge in [0.2, 0.25) is 11.8 Å². The van der Waals surface area contributed by atoms with E-state index in [1.165, 1.54) is 0 Å². The summed E-state index contributed by atoms with van der Waals surface area (Å²) in [7, 11) is 1.75. The number of likely N-dealkylation sites (tertiary alicyclic amines) is 1. The first kappa shape index (κ1) is 17.0. The Kier molecular flexibility index (Phi) is 4.89. The van der Waals surface area contributed by atoms with Crippen LogP contribution in [0.15, 0.2) is 17.5 Å². The molecule has 0 bridgehead atoms. The Morgan fingerprint density at radius 3 is 2.58 bits per heavy atom. The second-order valence-electron chi connectivity index (χ2n) is 6.67. The van der Waals surface area contributed by atoms with Crippen molar-refractivity contribution in [2.75, 3.05) is 7.05 Å². The van der Waals surface area contributed by atoms with Gasteiger partial charge >= 0.3 is 5.97 Å². The van der Waals surface area contributed by atoms with Crippen LogP contribution in [-0.2, 0) is 14.4 Å². The van der Waals surface area contributed by atoms with E-state index in [1.807, 2.05) is 17.5 Å². The van der Waals surface area contributed by atoms with Crippen LogP contribution in [0.2, 0.25) is 0 Å². The number of carboxylic acids is 1. The van der Waals surface area contributed by atoms with Crippen molar-refractivity contribution in [1.29, 1.82) is 0 Å². The highest BCUT2D eigenvalue weighted by molar-refractivity contribution is 7.10. The van der Waals surface area contributed by atoms with Crippen molar-refractivity contribution in [3.8, 4) is 0 Å². The zero-order chi connectivity index (χ0) is 17.3. The number of nitrogens with zero attached hydrogens (tertiary/aromatic N) is 1. The largest absolute Gasteiger partial charge is 0.481 e. The number of carboxylic acid groups (broad SMARTS) is 1. The number of hydrogen-bond acceptors (Lipinski definition) is 4. The molecule has 130 valence electrons. The molecule has 2 N–H and O–H groups in total. The topological polar surface area (TPSA) is 86.7 Å². The van der Waals surface area contributed by atoms with Crippen LogP contribution in [0.25, 0.3) is 0 Å². The summed E-state index contributed by atoms with van der Waals surface area (Å²) in [6.07, 6.45) is 2.79. The summed E-state index contributed by atoms with van der Waals surface area (Å²) < 4.78 is 0. The fourth-order valence-electron chi connectivity index (χ4n) is 3.75. The first-order valence-corrected chi connectivity index (χ1v) is 9.17. The molecule has 2 atom stereocenters. The quantitative estimate of drug-likeness (QED) is 0.870. The highest BCUT2D eigenvalue weighted by Gasteiger charge is 2.43. The highest BCUT2D eigenvalue weighted by atomic mass is 32.1. The molecule has 2 fully saturated rings. The second-order valence-corrected chi connectivity index (χ2v) is 7.65. The van der Waals surface area contributed by atoms with Crippen molar-refractivity contribution in [1.82, 2.24) is 10.2 Å². The standard InChI is InChI=1S/C17H22N2O4S/c1-19-14(20)9-12(15(19)13-3-2-8-24-13)16(21)18-11-6-4-10(5-7-11)17(22)23/h2-3,8,10-12,15H,4-7,9H2,1H3,(H,18,21)(H,22,23)/t10?,11?,12-,15+/m1/s1. The molecule has 1 aliphatic heterocycles. The van der Waals surface area contributed by atoms with Crippen LogP contribution in [0.5, 0.6) is 0 Å². The van der Waals surface area contributed by atoms with Gasteiger partial charge in [0.25, 0.3) is 0 Å². The Bertz CT molecular complexity index is 623. The third kappa shape index (κ3) is 3.31. The van der Waals surface area contributed by atoms with Gasteiger partial charge in [-0.15, -0.1) is 11.3 Å². The van der Waals surface area contributed by atoms with Crippen molar-refractivity contribution in [3.63, 3.8) is 0 Å². The normalized spacial score (nSPS) is 30.4. The van der Waals surface area contributed by atoms with E-state index in [1.54, 1.807) is 23.3 Å². The molecule has 1 aromatic heterocycles. The summed E-state index contributed by atoms with van der Waals surface area (Å²) in [5.41, 5.74) is 0. The summed E-state index contributed by atoms with van der Waals surface area (Å²) in [4.78, 5) is 38.5. The third-order valence-corrected chi connectivity index (χ3v) is 6.12. The predicted molar refractivity (Wildman–Crippen MR) is 89.5 cm³/mol. The van der Waals surface area contributed by atoms with Gasteiger partial charge in [-0.1, -0.05) is 6.07 Å². The van der Waals surface area contributed by atoms with Crippen LogP contribution >= 0.6 is 11.3 Å². The molecule has 24 heavy (non-hydrogen) atoms. The summed E-state index contributed by atoms with van der Waals surface area (Å²) in [6, 6.07) is 3.70. The molecular formula is C17H22N2O4S. The molecule has 2 heterocycles. The van der Waals surface area contributed by atoms with E-state index in [9.17, 15) is 14.4 Å². The Morgan fingerprint density at radius 2 is 2.00 bits per heavy atom. The van der Waals surface area contributed by atoms with Gasteiger partial charge in [-0.05, 0) is 37.1 Å². The van der Waals surface area contributed by atoms with Gasteiger partial charge < -0.3 is 15.3 Å². The fraction of sp³-hybridized carbons (Fsp3) is 0.588. The summed E-state index contributed by atoms with van der Waals surface area (Å²) in [5, 5.41) is 14.0. The minimum Gasteiger partial charge on any atom is -0.481 e. The lowest BCUT2D eigenvalue weighted by Crippen LogP contribution is -2.42. The number of thiophene rings is 1. The molecule has 0 unspecified atom stereocenters. The predicted octanol–water partition coefficient (Wildman–Crippen LogP) is 2.03. The number of hydrogen-bond donors (Lipinski definition) is 2. The smallest absolute Gasteiger partial charge is 0.306 e. The maximum absolute atomic E-state index is 12.7. The first-order valence-electron chi connectivity index (χ1n) is 8.29. The minimum absolute atomic E-state index is 0.0110. The molecule has 3 rings (SSSR count). The molecule has 7 heteroatoms. The Balaban J connectivity index is 1.64. The van der Waals surface area contributed by atoms with Gasteiger partial charge in [-0.2, -0.15) is 0 Å². The molecule has 0 radical (unpaired) electrons. The SMILES string of the molecule is CN1C(=O)C[C@@H](C(=O)NC2CCC(C(=O)O)CC2)[C@H]1c1cccs1. The number of carbonyl (C=O) groups is 3. The Hall–Kier alpha value is -1.89. The van der Waals surface area contributed by atoms with E-state index in [4.69, 9.17) is 5.11 Å². The highest BCUT2D eigenvalue weighted by Crippen LogP contribution is 2.39. The van der Waals surface area contributed by atoms with Gasteiger partial charge in [-0.25, -0.2) is 0 Å². The maximum atomic E-state index is 12.7. The van der Waals surface area contributed by atoms with E-state index >= 15 is 0 Å². The average molecular weight is 350 g/mol. The van der Waals surface area contributed by atoms with E-state index in [0.717, 1.165) is 4.88 Å². The molecule has 1 aromatic rings. The van der Waals surface area contributed by atoms with Gasteiger partial charge in [0.15, 0.2) is 0 Å². The van der Waals surface area contributed by atoms with Crippen molar-refractivity contribution in [2.45, 2.75) is 44.2 Å². The van der Waals surface area contributed by atoms with Crippen LogP contribution in [0, 0.1) is 11.8 Å². The molecule has 2 aliphatic rings. The molecular weight excluding hydrogens is 328 g/mol. The Labute approximate surface area is 144 Å². The molecule has 1 saturated heterocycles. The monoisotopic (exact) mass is 350 g/mol. The number of amides is 2. The summed E-state index contributed by atoms with van der Waals surface area (Å²) >= 11 is 1.56. The lowest BCUT2D eigenvalue weighted by atomic mass is 9.85. The van der Waals surface area contributed by atoms with Gasteiger partial charge in [0.1, 0.15) is 0 Å². The molecule has 0 spiro atoms. The van der Waals surface area contributed by atoms with Crippen LogP contribution in [0.1, 0.15) is 43.0 Å². The number of nitrogens with one attached hydrogen (secondary N) is 1. The van der Waals surface area contributed by atoms with Gasteiger partial charge in [0, 0.05) is 24.4 Å². The number of rotatable bonds is 4. The number of carbonyl (C=O) groups excluding carboxylic acids is 2. The average Bonchev–Trinajstić information content (AvgIpc) is 3.17. The van der Waals surface area contributed by atoms with Crippen LogP contribution in [0.3, 0.4) is 0 Å². The van der Waals surface area contributed by atoms with Crippen molar-refractivity contribution in [2.24, 2.45) is 11.8 Å². The number of aliphatic carboxylic acids is 1. The van der Waals surface area contributed by atoms with Gasteiger partial charge in [-0.3, -0.25) is 14.4 Å². The van der Waals surface area contributed by atoms with Crippen LogP contribution in [-0.4, -0.2) is 40.9 Å². The lowest BCUT2D eigenvalue weighted by Gasteiger charge is -2.29. The summed E-state index contributed by atoms with van der Waals surface area (Å²) in [5.74, 6) is -1.52. The summed E-state index contributed by atoms with van der Waals surface area (Å²) in [6.45, 7) is 0. The van der Waals surface area contributed by atoms with Crippen molar-refractivity contribution >= 4 is 29.1 Å². The van der Waals surface area contributed by atoms with E-state index in [2.05, 4.69) is 5.32 Å². The van der Waals surface area contributed by atoms with E-state index in [-0.39, 0.29) is 42.2 Å². The lowest BCUT2D eigenvalue weighted by molar-refractivity contribution is -0.143. The zero-order valence-electron chi connectivity index (χ0n) is 13.6. The van der Waals surface area contributed by atoms with Crippen LogP contribution in [0.4, 0.5) is 0 Å². The second kappa shape index (κ2) is 6.93. The van der Waals surface area contributed by atoms with E-state index < -0.39 is 5.97 Å². The minimum atomic E-state index is -0.749. The third-order valence-electron chi connectivity index (χ3n) is 5.18. The van der Waals surface area contributed by atoms with E-state index in [0.29, 0.717) is 25.7 Å².